The number of hydrogen-bond donors (Lipinski definition) is 3. The first-order chi connectivity index (χ1) is 17.8. The lowest BCUT2D eigenvalue weighted by Gasteiger charge is -2.17. The Morgan fingerprint density at radius 3 is 2.59 bits per heavy atom. The van der Waals surface area contributed by atoms with Crippen molar-refractivity contribution in [2.24, 2.45) is 5.92 Å². The van der Waals surface area contributed by atoms with Crippen molar-refractivity contribution in [2.75, 3.05) is 28.6 Å². The van der Waals surface area contributed by atoms with E-state index in [1.54, 1.807) is 24.5 Å². The summed E-state index contributed by atoms with van der Waals surface area (Å²) in [6.45, 7) is -0.128. The number of alkyl halides is 2. The van der Waals surface area contributed by atoms with Gasteiger partial charge in [-0.2, -0.15) is 5.10 Å². The Labute approximate surface area is 210 Å². The van der Waals surface area contributed by atoms with Gasteiger partial charge >= 0.3 is 0 Å². The molecule has 6 rings (SSSR count). The van der Waals surface area contributed by atoms with Crippen LogP contribution in [0.15, 0.2) is 55.0 Å². The lowest BCUT2D eigenvalue weighted by molar-refractivity contribution is -0.117. The molecule has 2 fully saturated rings. The lowest BCUT2D eigenvalue weighted by Crippen LogP contribution is -2.25. The van der Waals surface area contributed by atoms with E-state index in [4.69, 9.17) is 0 Å². The van der Waals surface area contributed by atoms with E-state index in [0.717, 1.165) is 24.0 Å². The van der Waals surface area contributed by atoms with Crippen LogP contribution < -0.4 is 15.5 Å². The van der Waals surface area contributed by atoms with E-state index < -0.39 is 11.8 Å². The average molecular weight is 504 g/mol. The number of aromatic nitrogens is 4. The number of fused-ring (bicyclic) bond motifs is 1. The molecule has 2 aliphatic rings. The topological polar surface area (TPSA) is 116 Å². The average Bonchev–Trinajstić information content (AvgIpc) is 3.56. The number of halogens is 2. The molecule has 3 aromatic heterocycles. The Hall–Kier alpha value is -4.41. The van der Waals surface area contributed by atoms with Gasteiger partial charge in [-0.3, -0.25) is 19.7 Å². The molecule has 11 heteroatoms. The van der Waals surface area contributed by atoms with Gasteiger partial charge < -0.3 is 15.5 Å². The zero-order valence-electron chi connectivity index (χ0n) is 19.7. The highest BCUT2D eigenvalue weighted by atomic mass is 19.3. The van der Waals surface area contributed by atoms with E-state index in [0.29, 0.717) is 28.1 Å². The van der Waals surface area contributed by atoms with E-state index in [1.807, 2.05) is 24.3 Å². The Balaban J connectivity index is 1.20. The highest BCUT2D eigenvalue weighted by Crippen LogP contribution is 2.32. The molecule has 9 nitrogen and oxygen atoms in total. The van der Waals surface area contributed by atoms with Crippen molar-refractivity contribution in [1.82, 2.24) is 20.2 Å². The number of anilines is 3. The normalized spacial score (nSPS) is 16.6. The van der Waals surface area contributed by atoms with E-state index >= 15 is 0 Å². The monoisotopic (exact) mass is 503 g/mol. The van der Waals surface area contributed by atoms with Crippen LogP contribution in [0.2, 0.25) is 0 Å². The Bertz CT molecular complexity index is 1500. The summed E-state index contributed by atoms with van der Waals surface area (Å²) in [6.07, 6.45) is 6.37. The molecule has 4 aromatic rings. The number of hydrogen-bond acceptors (Lipinski definition) is 6. The number of carbonyl (C=O) groups excluding carboxylic acids is 2. The second-order valence-electron chi connectivity index (χ2n) is 9.45. The number of amides is 2. The maximum atomic E-state index is 13.5. The molecular formula is C26H23F2N7O2. The maximum Gasteiger partial charge on any atom is 0.276 e. The van der Waals surface area contributed by atoms with Gasteiger partial charge in [-0.05, 0) is 48.7 Å². The quantitative estimate of drug-likeness (QED) is 0.358. The Kier molecular flexibility index (Phi) is 5.54. The van der Waals surface area contributed by atoms with Gasteiger partial charge in [-0.25, -0.2) is 13.8 Å². The number of aromatic amines is 1. The predicted molar refractivity (Wildman–Crippen MR) is 135 cm³/mol. The number of nitrogens with zero attached hydrogens (tertiary/aromatic N) is 4. The zero-order chi connectivity index (χ0) is 25.6. The molecule has 1 aliphatic heterocycles. The van der Waals surface area contributed by atoms with Crippen molar-refractivity contribution in [2.45, 2.75) is 25.2 Å². The van der Waals surface area contributed by atoms with Crippen LogP contribution in [-0.2, 0) is 4.79 Å². The second-order valence-corrected chi connectivity index (χ2v) is 9.45. The summed E-state index contributed by atoms with van der Waals surface area (Å²) in [5, 5.41) is 13.3. The third kappa shape index (κ3) is 4.84. The summed E-state index contributed by atoms with van der Waals surface area (Å²) < 4.78 is 27.0. The molecule has 0 spiro atoms. The standard InChI is InChI=1S/C26H23F2N7O2/c27-26(28)7-8-35(14-26)22-6-4-18(13-30-22)31-25(37)23-20-10-16(3-5-21(20)33-34-23)17-9-19(12-29-11-17)32-24(36)15-1-2-15/h3-6,9-13,15H,1-2,7-8,14H2,(H,31,37)(H,32,36)(H,33,34). The highest BCUT2D eigenvalue weighted by Gasteiger charge is 2.38. The van der Waals surface area contributed by atoms with Crippen molar-refractivity contribution < 1.29 is 18.4 Å². The Morgan fingerprint density at radius 1 is 1.00 bits per heavy atom. The third-order valence-corrected chi connectivity index (χ3v) is 6.56. The minimum Gasteiger partial charge on any atom is -0.350 e. The molecule has 188 valence electrons. The third-order valence-electron chi connectivity index (χ3n) is 6.56. The fraction of sp³-hybridized carbons (Fsp3) is 0.269. The van der Waals surface area contributed by atoms with Crippen LogP contribution in [0.4, 0.5) is 26.0 Å². The number of rotatable bonds is 6. The van der Waals surface area contributed by atoms with Crippen molar-refractivity contribution >= 4 is 39.9 Å². The number of carbonyl (C=O) groups is 2. The first-order valence-corrected chi connectivity index (χ1v) is 12.0. The molecule has 0 unspecified atom stereocenters. The molecule has 2 amide bonds. The summed E-state index contributed by atoms with van der Waals surface area (Å²) in [7, 11) is 0. The molecule has 1 saturated carbocycles. The lowest BCUT2D eigenvalue weighted by atomic mass is 10.0. The molecule has 0 atom stereocenters. The Morgan fingerprint density at radius 2 is 1.86 bits per heavy atom. The second kappa shape index (κ2) is 8.91. The summed E-state index contributed by atoms with van der Waals surface area (Å²) in [5.74, 6) is -2.62. The zero-order valence-corrected chi connectivity index (χ0v) is 19.7. The van der Waals surface area contributed by atoms with Crippen LogP contribution in [0.5, 0.6) is 0 Å². The van der Waals surface area contributed by atoms with Crippen LogP contribution in [0.3, 0.4) is 0 Å². The van der Waals surface area contributed by atoms with Crippen LogP contribution in [0, 0.1) is 5.92 Å². The van der Waals surface area contributed by atoms with E-state index in [9.17, 15) is 18.4 Å². The van der Waals surface area contributed by atoms with Crippen LogP contribution in [0.1, 0.15) is 29.8 Å². The van der Waals surface area contributed by atoms with Crippen molar-refractivity contribution in [1.29, 1.82) is 0 Å². The predicted octanol–water partition coefficient (Wildman–Crippen LogP) is 4.47. The van der Waals surface area contributed by atoms with Gasteiger partial charge in [0.05, 0.1) is 35.8 Å². The van der Waals surface area contributed by atoms with E-state index in [-0.39, 0.29) is 37.0 Å². The fourth-order valence-corrected chi connectivity index (χ4v) is 4.39. The van der Waals surface area contributed by atoms with Gasteiger partial charge in [0.2, 0.25) is 5.91 Å². The molecule has 1 saturated heterocycles. The first kappa shape index (κ1) is 23.0. The number of H-pyrrole nitrogens is 1. The highest BCUT2D eigenvalue weighted by molar-refractivity contribution is 6.11. The summed E-state index contributed by atoms with van der Waals surface area (Å²) in [5.41, 5.74) is 3.53. The van der Waals surface area contributed by atoms with Gasteiger partial charge in [-0.1, -0.05) is 6.07 Å². The molecule has 1 aliphatic carbocycles. The fourth-order valence-electron chi connectivity index (χ4n) is 4.39. The van der Waals surface area contributed by atoms with E-state index in [2.05, 4.69) is 30.8 Å². The van der Waals surface area contributed by atoms with Crippen molar-refractivity contribution in [3.63, 3.8) is 0 Å². The number of pyridine rings is 2. The molecule has 37 heavy (non-hydrogen) atoms. The van der Waals surface area contributed by atoms with Crippen LogP contribution >= 0.6 is 0 Å². The molecule has 0 bridgehead atoms. The van der Waals surface area contributed by atoms with Gasteiger partial charge in [0.15, 0.2) is 5.69 Å². The number of benzene rings is 1. The summed E-state index contributed by atoms with van der Waals surface area (Å²) in [4.78, 5) is 35.1. The smallest absolute Gasteiger partial charge is 0.276 e. The SMILES string of the molecule is O=C(Nc1ccc(N2CCC(F)(F)C2)nc1)c1n[nH]c2ccc(-c3cncc(NC(=O)C4CC4)c3)cc12. The van der Waals surface area contributed by atoms with Gasteiger partial charge in [0, 0.05) is 36.0 Å². The van der Waals surface area contributed by atoms with Crippen molar-refractivity contribution in [3.8, 4) is 11.1 Å². The number of nitrogens with one attached hydrogen (secondary N) is 3. The molecule has 4 heterocycles. The minimum absolute atomic E-state index is 0.00378. The van der Waals surface area contributed by atoms with Gasteiger partial charge in [0.25, 0.3) is 11.8 Å². The van der Waals surface area contributed by atoms with Crippen LogP contribution in [0.25, 0.3) is 22.0 Å². The summed E-state index contributed by atoms with van der Waals surface area (Å²) in [6, 6.07) is 10.6. The molecule has 1 aromatic carbocycles. The molecule has 3 N–H and O–H groups in total. The van der Waals surface area contributed by atoms with Gasteiger partial charge in [-0.15, -0.1) is 0 Å². The maximum absolute atomic E-state index is 13.5. The summed E-state index contributed by atoms with van der Waals surface area (Å²) >= 11 is 0. The van der Waals surface area contributed by atoms with Crippen LogP contribution in [-0.4, -0.2) is 51.0 Å². The largest absolute Gasteiger partial charge is 0.350 e. The van der Waals surface area contributed by atoms with Crippen molar-refractivity contribution in [3.05, 3.63) is 60.7 Å². The minimum atomic E-state index is -2.71. The van der Waals surface area contributed by atoms with E-state index in [1.165, 1.54) is 11.1 Å². The first-order valence-electron chi connectivity index (χ1n) is 12.0. The molecular weight excluding hydrogens is 480 g/mol. The molecule has 0 radical (unpaired) electrons. The van der Waals surface area contributed by atoms with Gasteiger partial charge in [0.1, 0.15) is 5.82 Å².